The van der Waals surface area contributed by atoms with E-state index in [2.05, 4.69) is 0 Å². The van der Waals surface area contributed by atoms with Gasteiger partial charge in [0, 0.05) is 25.0 Å². The van der Waals surface area contributed by atoms with Gasteiger partial charge < -0.3 is 10.2 Å². The van der Waals surface area contributed by atoms with E-state index in [1.165, 1.54) is 0 Å². The molecule has 0 saturated carbocycles. The Bertz CT molecular complexity index is 503. The largest absolute Gasteiger partial charge is 0.396 e. The van der Waals surface area contributed by atoms with Gasteiger partial charge in [-0.15, -0.1) is 0 Å². The molecule has 1 heterocycles. The first-order valence-corrected chi connectivity index (χ1v) is 7.56. The summed E-state index contributed by atoms with van der Waals surface area (Å²) in [5, 5.41) is 19.9. The molecule has 1 fully saturated rings. The summed E-state index contributed by atoms with van der Waals surface area (Å²) in [7, 11) is 0. The van der Waals surface area contributed by atoms with Gasteiger partial charge in [0.15, 0.2) is 17.5 Å². The molecule has 0 radical (unpaired) electrons. The highest BCUT2D eigenvalue weighted by Gasteiger charge is 2.41. The third-order valence-corrected chi connectivity index (χ3v) is 4.48. The van der Waals surface area contributed by atoms with Crippen molar-refractivity contribution in [1.82, 2.24) is 4.90 Å². The van der Waals surface area contributed by atoms with Crippen LogP contribution in [0.15, 0.2) is 12.1 Å². The Balaban J connectivity index is 2.13. The average Bonchev–Trinajstić information content (AvgIpc) is 2.48. The van der Waals surface area contributed by atoms with Crippen molar-refractivity contribution in [3.8, 4) is 0 Å². The highest BCUT2D eigenvalue weighted by Crippen LogP contribution is 2.35. The molecule has 0 amide bonds. The summed E-state index contributed by atoms with van der Waals surface area (Å²) < 4.78 is 39.6. The second-order valence-electron chi connectivity index (χ2n) is 6.16. The maximum atomic E-state index is 13.3. The molecule has 6 heteroatoms. The van der Waals surface area contributed by atoms with E-state index in [0.29, 0.717) is 31.5 Å². The van der Waals surface area contributed by atoms with E-state index in [-0.39, 0.29) is 13.2 Å². The molecular weight excluding hydrogens is 295 g/mol. The molecule has 0 aromatic heterocycles. The molecule has 1 saturated heterocycles. The molecule has 0 unspecified atom stereocenters. The molecule has 1 aliphatic rings. The molecule has 1 aliphatic heterocycles. The number of piperidine rings is 1. The number of rotatable bonds is 5. The van der Waals surface area contributed by atoms with Gasteiger partial charge in [-0.3, -0.25) is 4.90 Å². The molecule has 0 bridgehead atoms. The van der Waals surface area contributed by atoms with Gasteiger partial charge in [-0.2, -0.15) is 0 Å². The second-order valence-corrected chi connectivity index (χ2v) is 6.16. The summed E-state index contributed by atoms with van der Waals surface area (Å²) in [4.78, 5) is 1.94. The van der Waals surface area contributed by atoms with Crippen LogP contribution in [-0.2, 0) is 6.54 Å². The zero-order chi connectivity index (χ0) is 16.3. The number of halogens is 3. The topological polar surface area (TPSA) is 43.7 Å². The molecule has 1 aromatic carbocycles. The van der Waals surface area contributed by atoms with Gasteiger partial charge in [-0.25, -0.2) is 13.2 Å². The maximum Gasteiger partial charge on any atom is 0.194 e. The third kappa shape index (κ3) is 3.45. The SMILES string of the molecule is CCC[C@]1(CO)CN(Cc2cc(F)c(F)c(F)c2)CC[C@@H]1O. The number of likely N-dealkylation sites (tertiary alicyclic amines) is 1. The Labute approximate surface area is 128 Å². The fourth-order valence-electron chi connectivity index (χ4n) is 3.31. The summed E-state index contributed by atoms with van der Waals surface area (Å²) in [6, 6.07) is 1.98. The van der Waals surface area contributed by atoms with Gasteiger partial charge in [0.05, 0.1) is 12.7 Å². The fraction of sp³-hybridized carbons (Fsp3) is 0.625. The quantitative estimate of drug-likeness (QED) is 0.820. The van der Waals surface area contributed by atoms with Crippen LogP contribution < -0.4 is 0 Å². The molecule has 2 atom stereocenters. The molecular formula is C16H22F3NO2. The first-order valence-electron chi connectivity index (χ1n) is 7.56. The number of hydrogen-bond donors (Lipinski definition) is 2. The van der Waals surface area contributed by atoms with Crippen molar-refractivity contribution < 1.29 is 23.4 Å². The van der Waals surface area contributed by atoms with Gasteiger partial charge in [-0.1, -0.05) is 13.3 Å². The Morgan fingerprint density at radius 1 is 1.27 bits per heavy atom. The van der Waals surface area contributed by atoms with Crippen molar-refractivity contribution in [3.63, 3.8) is 0 Å². The maximum absolute atomic E-state index is 13.3. The minimum Gasteiger partial charge on any atom is -0.396 e. The van der Waals surface area contributed by atoms with E-state index in [9.17, 15) is 23.4 Å². The Morgan fingerprint density at radius 3 is 2.45 bits per heavy atom. The lowest BCUT2D eigenvalue weighted by atomic mass is 9.74. The van der Waals surface area contributed by atoms with Crippen LogP contribution in [0.1, 0.15) is 31.7 Å². The minimum absolute atomic E-state index is 0.134. The first kappa shape index (κ1) is 17.2. The smallest absolute Gasteiger partial charge is 0.194 e. The molecule has 1 aromatic rings. The van der Waals surface area contributed by atoms with Gasteiger partial charge in [0.25, 0.3) is 0 Å². The van der Waals surface area contributed by atoms with Crippen molar-refractivity contribution in [1.29, 1.82) is 0 Å². The highest BCUT2D eigenvalue weighted by molar-refractivity contribution is 5.19. The summed E-state index contributed by atoms with van der Waals surface area (Å²) in [6.07, 6.45) is 1.40. The Morgan fingerprint density at radius 2 is 1.91 bits per heavy atom. The number of aliphatic hydroxyl groups excluding tert-OH is 2. The van der Waals surface area contributed by atoms with E-state index >= 15 is 0 Å². The minimum atomic E-state index is -1.46. The van der Waals surface area contributed by atoms with Gasteiger partial charge in [-0.05, 0) is 30.5 Å². The summed E-state index contributed by atoms with van der Waals surface area (Å²) >= 11 is 0. The Kier molecular flexibility index (Phi) is 5.47. The zero-order valence-electron chi connectivity index (χ0n) is 12.7. The predicted molar refractivity (Wildman–Crippen MR) is 76.6 cm³/mol. The Hall–Kier alpha value is -1.11. The van der Waals surface area contributed by atoms with Gasteiger partial charge in [0.1, 0.15) is 0 Å². The van der Waals surface area contributed by atoms with Crippen LogP contribution in [0, 0.1) is 22.9 Å². The van der Waals surface area contributed by atoms with Crippen molar-refractivity contribution in [2.24, 2.45) is 5.41 Å². The van der Waals surface area contributed by atoms with Crippen molar-refractivity contribution in [2.75, 3.05) is 19.7 Å². The standard InChI is InChI=1S/C16H22F3NO2/c1-2-4-16(10-21)9-20(5-3-14(16)22)8-11-6-12(17)15(19)13(18)7-11/h6-7,14,21-22H,2-5,8-10H2,1H3/t14-,16+/m0/s1. The normalized spacial score (nSPS) is 26.4. The highest BCUT2D eigenvalue weighted by atomic mass is 19.2. The molecule has 2 rings (SSSR count). The molecule has 0 spiro atoms. The van der Waals surface area contributed by atoms with Crippen LogP contribution in [0.5, 0.6) is 0 Å². The number of hydrogen-bond acceptors (Lipinski definition) is 3. The number of nitrogens with zero attached hydrogens (tertiary/aromatic N) is 1. The van der Waals surface area contributed by atoms with E-state index in [1.807, 2.05) is 11.8 Å². The molecule has 124 valence electrons. The van der Waals surface area contributed by atoms with E-state index in [0.717, 1.165) is 18.6 Å². The monoisotopic (exact) mass is 317 g/mol. The lowest BCUT2D eigenvalue weighted by Gasteiger charge is -2.45. The summed E-state index contributed by atoms with van der Waals surface area (Å²) in [6.45, 7) is 3.11. The van der Waals surface area contributed by atoms with Crippen LogP contribution in [-0.4, -0.2) is 40.9 Å². The second kappa shape index (κ2) is 6.98. The first-order chi connectivity index (χ1) is 10.4. The van der Waals surface area contributed by atoms with Crippen molar-refractivity contribution in [3.05, 3.63) is 35.1 Å². The number of aliphatic hydroxyl groups is 2. The predicted octanol–water partition coefficient (Wildman–Crippen LogP) is 2.45. The van der Waals surface area contributed by atoms with Crippen molar-refractivity contribution in [2.45, 2.75) is 38.8 Å². The molecule has 2 N–H and O–H groups in total. The van der Waals surface area contributed by atoms with E-state index < -0.39 is 29.0 Å². The molecule has 0 aliphatic carbocycles. The van der Waals surface area contributed by atoms with Crippen LogP contribution in [0.4, 0.5) is 13.2 Å². The number of benzene rings is 1. The van der Waals surface area contributed by atoms with Gasteiger partial charge in [0.2, 0.25) is 0 Å². The van der Waals surface area contributed by atoms with Crippen LogP contribution in [0.2, 0.25) is 0 Å². The fourth-order valence-corrected chi connectivity index (χ4v) is 3.31. The van der Waals surface area contributed by atoms with Crippen LogP contribution in [0.3, 0.4) is 0 Å². The lowest BCUT2D eigenvalue weighted by molar-refractivity contribution is -0.0820. The third-order valence-electron chi connectivity index (χ3n) is 4.48. The van der Waals surface area contributed by atoms with E-state index in [1.54, 1.807) is 0 Å². The van der Waals surface area contributed by atoms with Crippen molar-refractivity contribution >= 4 is 0 Å². The van der Waals surface area contributed by atoms with Crippen LogP contribution >= 0.6 is 0 Å². The van der Waals surface area contributed by atoms with Gasteiger partial charge >= 0.3 is 0 Å². The molecule has 22 heavy (non-hydrogen) atoms. The summed E-state index contributed by atoms with van der Waals surface area (Å²) in [5.41, 5.74) is -0.263. The lowest BCUT2D eigenvalue weighted by Crippen LogP contribution is -2.53. The average molecular weight is 317 g/mol. The zero-order valence-corrected chi connectivity index (χ0v) is 12.7. The van der Waals surface area contributed by atoms with E-state index in [4.69, 9.17) is 0 Å². The molecule has 3 nitrogen and oxygen atoms in total. The summed E-state index contributed by atoms with van der Waals surface area (Å²) in [5.74, 6) is -3.86. The van der Waals surface area contributed by atoms with Crippen LogP contribution in [0.25, 0.3) is 0 Å².